The van der Waals surface area contributed by atoms with Gasteiger partial charge in [0.05, 0.1) is 12.0 Å². The van der Waals surface area contributed by atoms with Gasteiger partial charge in [0.15, 0.2) is 0 Å². The van der Waals surface area contributed by atoms with E-state index in [-0.39, 0.29) is 17.4 Å². The molecule has 0 unspecified atom stereocenters. The summed E-state index contributed by atoms with van der Waals surface area (Å²) < 4.78 is 5.30. The van der Waals surface area contributed by atoms with Crippen molar-refractivity contribution in [3.63, 3.8) is 0 Å². The molecule has 7 nitrogen and oxygen atoms in total. The van der Waals surface area contributed by atoms with Gasteiger partial charge < -0.3 is 14.5 Å². The zero-order valence-electron chi connectivity index (χ0n) is 17.5. The minimum absolute atomic E-state index is 0.234. The number of rotatable bonds is 5. The third kappa shape index (κ3) is 4.76. The zero-order valence-corrected chi connectivity index (χ0v) is 19.1. The van der Waals surface area contributed by atoms with Gasteiger partial charge in [-0.25, -0.2) is 0 Å². The second-order valence-corrected chi connectivity index (χ2v) is 8.79. The standard InChI is InChI=1S/C23H22ClN3O4S/c1-31-19-8-7-17(24)13-16(19)14-20-22(29)27(23(30)32-20)15-21(28)26-11-9-25(10-12-26)18-5-3-2-4-6-18/h2-8,13-14H,9-12,15H2,1H3. The van der Waals surface area contributed by atoms with Crippen LogP contribution in [-0.2, 0) is 9.59 Å². The lowest BCUT2D eigenvalue weighted by Crippen LogP contribution is -2.51. The van der Waals surface area contributed by atoms with Crippen LogP contribution in [0.15, 0.2) is 53.4 Å². The molecule has 0 bridgehead atoms. The highest BCUT2D eigenvalue weighted by atomic mass is 35.5. The quantitative estimate of drug-likeness (QED) is 0.619. The highest BCUT2D eigenvalue weighted by Crippen LogP contribution is 2.34. The third-order valence-electron chi connectivity index (χ3n) is 5.40. The number of piperazine rings is 1. The Morgan fingerprint density at radius 2 is 1.81 bits per heavy atom. The number of methoxy groups -OCH3 is 1. The minimum Gasteiger partial charge on any atom is -0.496 e. The van der Waals surface area contributed by atoms with Crippen molar-refractivity contribution in [3.8, 4) is 5.75 Å². The molecule has 0 spiro atoms. The number of hydrogen-bond acceptors (Lipinski definition) is 6. The molecule has 0 N–H and O–H groups in total. The largest absolute Gasteiger partial charge is 0.496 e. The molecule has 166 valence electrons. The van der Waals surface area contributed by atoms with Crippen molar-refractivity contribution in [2.45, 2.75) is 0 Å². The molecule has 0 saturated carbocycles. The smallest absolute Gasteiger partial charge is 0.294 e. The molecule has 2 heterocycles. The molecule has 0 aromatic heterocycles. The number of ether oxygens (including phenoxy) is 1. The van der Waals surface area contributed by atoms with Crippen LogP contribution in [0.4, 0.5) is 10.5 Å². The summed E-state index contributed by atoms with van der Waals surface area (Å²) in [6.45, 7) is 2.22. The third-order valence-corrected chi connectivity index (χ3v) is 6.54. The summed E-state index contributed by atoms with van der Waals surface area (Å²) in [6, 6.07) is 15.1. The number of anilines is 1. The SMILES string of the molecule is COc1ccc(Cl)cc1C=C1SC(=O)N(CC(=O)N2CCN(c3ccccc3)CC2)C1=O. The van der Waals surface area contributed by atoms with Crippen molar-refractivity contribution in [1.82, 2.24) is 9.80 Å². The van der Waals surface area contributed by atoms with Crippen molar-refractivity contribution >= 4 is 52.2 Å². The number of nitrogens with zero attached hydrogens (tertiary/aromatic N) is 3. The first kappa shape index (κ1) is 22.2. The Kier molecular flexibility index (Phi) is 6.72. The summed E-state index contributed by atoms with van der Waals surface area (Å²) in [5, 5.41) is 0.0274. The second kappa shape index (κ2) is 9.67. The van der Waals surface area contributed by atoms with Crippen molar-refractivity contribution in [2.75, 3.05) is 44.7 Å². The van der Waals surface area contributed by atoms with Crippen LogP contribution in [0.1, 0.15) is 5.56 Å². The summed E-state index contributed by atoms with van der Waals surface area (Å²) in [7, 11) is 1.52. The predicted octanol–water partition coefficient (Wildman–Crippen LogP) is 3.73. The second-order valence-electron chi connectivity index (χ2n) is 7.36. The first-order valence-electron chi connectivity index (χ1n) is 10.1. The number of amides is 3. The van der Waals surface area contributed by atoms with E-state index in [0.717, 1.165) is 22.3 Å². The van der Waals surface area contributed by atoms with E-state index in [1.807, 2.05) is 30.3 Å². The highest BCUT2D eigenvalue weighted by Gasteiger charge is 2.37. The molecule has 0 aliphatic carbocycles. The molecule has 32 heavy (non-hydrogen) atoms. The van der Waals surface area contributed by atoms with Crippen LogP contribution in [0.5, 0.6) is 5.75 Å². The average Bonchev–Trinajstić information content (AvgIpc) is 3.07. The fourth-order valence-corrected chi connectivity index (χ4v) is 4.69. The van der Waals surface area contributed by atoms with Crippen LogP contribution in [-0.4, -0.2) is 66.7 Å². The van der Waals surface area contributed by atoms with Gasteiger partial charge in [0.1, 0.15) is 12.3 Å². The van der Waals surface area contributed by atoms with Gasteiger partial charge in [0, 0.05) is 42.5 Å². The van der Waals surface area contributed by atoms with E-state index in [1.54, 1.807) is 29.2 Å². The maximum atomic E-state index is 12.8. The van der Waals surface area contributed by atoms with Crippen LogP contribution in [0.2, 0.25) is 5.02 Å². The monoisotopic (exact) mass is 471 g/mol. The van der Waals surface area contributed by atoms with Crippen molar-refractivity contribution in [1.29, 1.82) is 0 Å². The predicted molar refractivity (Wildman–Crippen MR) is 126 cm³/mol. The zero-order chi connectivity index (χ0) is 22.7. The Labute approximate surface area is 195 Å². The minimum atomic E-state index is -0.488. The van der Waals surface area contributed by atoms with Crippen LogP contribution in [0.25, 0.3) is 6.08 Å². The van der Waals surface area contributed by atoms with Crippen LogP contribution >= 0.6 is 23.4 Å². The molecule has 0 radical (unpaired) electrons. The lowest BCUT2D eigenvalue weighted by Gasteiger charge is -2.36. The molecule has 2 aromatic rings. The average molecular weight is 472 g/mol. The summed E-state index contributed by atoms with van der Waals surface area (Å²) in [5.41, 5.74) is 1.71. The first-order chi connectivity index (χ1) is 15.5. The molecular weight excluding hydrogens is 450 g/mol. The van der Waals surface area contributed by atoms with Crippen molar-refractivity contribution in [2.24, 2.45) is 0 Å². The Morgan fingerprint density at radius 1 is 1.09 bits per heavy atom. The van der Waals surface area contributed by atoms with E-state index in [1.165, 1.54) is 7.11 Å². The van der Waals surface area contributed by atoms with Gasteiger partial charge in [-0.15, -0.1) is 0 Å². The fourth-order valence-electron chi connectivity index (χ4n) is 3.68. The number of carbonyl (C=O) groups is 3. The van der Waals surface area contributed by atoms with E-state index < -0.39 is 11.1 Å². The topological polar surface area (TPSA) is 70.2 Å². The number of benzene rings is 2. The molecule has 2 aliphatic heterocycles. The number of imide groups is 1. The van der Waals surface area contributed by atoms with Crippen LogP contribution < -0.4 is 9.64 Å². The summed E-state index contributed by atoms with van der Waals surface area (Å²) in [6.07, 6.45) is 1.57. The Hall–Kier alpha value is -2.97. The van der Waals surface area contributed by atoms with Gasteiger partial charge in [-0.2, -0.15) is 0 Å². The molecule has 4 rings (SSSR count). The Balaban J connectivity index is 1.40. The number of carbonyl (C=O) groups excluding carboxylic acids is 3. The van der Waals surface area contributed by atoms with Gasteiger partial charge >= 0.3 is 0 Å². The van der Waals surface area contributed by atoms with E-state index in [9.17, 15) is 14.4 Å². The summed E-state index contributed by atoms with van der Waals surface area (Å²) >= 11 is 6.86. The van der Waals surface area contributed by atoms with E-state index >= 15 is 0 Å². The molecule has 9 heteroatoms. The van der Waals surface area contributed by atoms with Gasteiger partial charge in [-0.05, 0) is 48.2 Å². The first-order valence-corrected chi connectivity index (χ1v) is 11.3. The fraction of sp³-hybridized carbons (Fsp3) is 0.261. The van der Waals surface area contributed by atoms with E-state index in [2.05, 4.69) is 4.90 Å². The lowest BCUT2D eigenvalue weighted by atomic mass is 10.2. The molecule has 2 saturated heterocycles. The molecule has 2 aliphatic rings. The molecular formula is C23H22ClN3O4S. The molecule has 2 aromatic carbocycles. The number of halogens is 1. The van der Waals surface area contributed by atoms with Gasteiger partial charge in [0.2, 0.25) is 5.91 Å². The van der Waals surface area contributed by atoms with Gasteiger partial charge in [-0.3, -0.25) is 19.3 Å². The number of para-hydroxylation sites is 1. The Bertz CT molecular complexity index is 1070. The van der Waals surface area contributed by atoms with Crippen molar-refractivity contribution in [3.05, 3.63) is 64.0 Å². The lowest BCUT2D eigenvalue weighted by molar-refractivity contribution is -0.136. The number of thioether (sulfide) groups is 1. The maximum absolute atomic E-state index is 12.8. The maximum Gasteiger partial charge on any atom is 0.294 e. The molecule has 3 amide bonds. The normalized spacial score (nSPS) is 17.9. The van der Waals surface area contributed by atoms with Gasteiger partial charge in [-0.1, -0.05) is 29.8 Å². The summed E-state index contributed by atoms with van der Waals surface area (Å²) in [5.74, 6) is -0.187. The molecule has 2 fully saturated rings. The van der Waals surface area contributed by atoms with Gasteiger partial charge in [0.25, 0.3) is 11.1 Å². The Morgan fingerprint density at radius 3 is 2.50 bits per heavy atom. The molecule has 0 atom stereocenters. The van der Waals surface area contributed by atoms with E-state index in [0.29, 0.717) is 42.5 Å². The number of hydrogen-bond donors (Lipinski definition) is 0. The van der Waals surface area contributed by atoms with E-state index in [4.69, 9.17) is 16.3 Å². The van der Waals surface area contributed by atoms with Crippen LogP contribution in [0, 0.1) is 0 Å². The highest BCUT2D eigenvalue weighted by molar-refractivity contribution is 8.18. The van der Waals surface area contributed by atoms with Crippen molar-refractivity contribution < 1.29 is 19.1 Å². The van der Waals surface area contributed by atoms with Crippen LogP contribution in [0.3, 0.4) is 0 Å². The summed E-state index contributed by atoms with van der Waals surface area (Å²) in [4.78, 5) is 43.2.